The van der Waals surface area contributed by atoms with Crippen molar-refractivity contribution in [3.63, 3.8) is 0 Å². The van der Waals surface area contributed by atoms with Crippen LogP contribution in [0, 0.1) is 28.6 Å². The van der Waals surface area contributed by atoms with E-state index < -0.39 is 65.7 Å². The van der Waals surface area contributed by atoms with Gasteiger partial charge in [0.1, 0.15) is 18.1 Å². The number of carbonyl (C=O) groups is 7. The molecule has 4 aliphatic rings. The van der Waals surface area contributed by atoms with Gasteiger partial charge in [0, 0.05) is 26.2 Å². The van der Waals surface area contributed by atoms with E-state index in [2.05, 4.69) is 40.4 Å². The Balaban J connectivity index is 1.26. The Morgan fingerprint density at radius 1 is 0.891 bits per heavy atom. The number of rotatable bonds is 14. The number of fused-ring (bicyclic) bond motifs is 1. The van der Waals surface area contributed by atoms with Gasteiger partial charge in [-0.3, -0.25) is 28.8 Å². The Hall–Kier alpha value is -4.49. The summed E-state index contributed by atoms with van der Waals surface area (Å²) in [4.78, 5) is 97.6. The summed E-state index contributed by atoms with van der Waals surface area (Å²) in [5.74, 6) is -3.79. The third-order valence-corrected chi connectivity index (χ3v) is 12.2. The number of likely N-dealkylation sites (tertiary alicyclic amines) is 1. The van der Waals surface area contributed by atoms with Crippen molar-refractivity contribution in [3.8, 4) is 0 Å². The highest BCUT2D eigenvalue weighted by molar-refractivity contribution is 6.38. The fourth-order valence-corrected chi connectivity index (χ4v) is 8.51. The first-order valence-electron chi connectivity index (χ1n) is 19.8. The Labute approximate surface area is 325 Å². The first-order valence-corrected chi connectivity index (χ1v) is 19.8. The van der Waals surface area contributed by atoms with Gasteiger partial charge in [-0.2, -0.15) is 0 Å². The van der Waals surface area contributed by atoms with E-state index >= 15 is 0 Å². The van der Waals surface area contributed by atoms with Crippen LogP contribution in [0.15, 0.2) is 30.3 Å². The van der Waals surface area contributed by atoms with Crippen LogP contribution in [-0.2, 0) is 28.8 Å². The maximum absolute atomic E-state index is 14.4. The van der Waals surface area contributed by atoms with E-state index in [4.69, 9.17) is 0 Å². The summed E-state index contributed by atoms with van der Waals surface area (Å²) in [6.07, 6.45) is 6.87. The van der Waals surface area contributed by atoms with Crippen LogP contribution < -0.4 is 26.6 Å². The molecule has 1 saturated heterocycles. The summed E-state index contributed by atoms with van der Waals surface area (Å²) < 4.78 is 0. The molecule has 4 fully saturated rings. The smallest absolute Gasteiger partial charge is 0.315 e. The van der Waals surface area contributed by atoms with E-state index in [-0.39, 0.29) is 46.9 Å². The number of benzene rings is 1. The number of Topliss-reactive ketones (excluding diaryl/α,β-unsaturated/α-hetero) is 1. The van der Waals surface area contributed by atoms with Gasteiger partial charge in [0.2, 0.25) is 29.4 Å². The molecule has 5 N–H and O–H groups in total. The lowest BCUT2D eigenvalue weighted by Gasteiger charge is -2.39. The van der Waals surface area contributed by atoms with Gasteiger partial charge in [0.05, 0.1) is 12.6 Å². The maximum atomic E-state index is 14.4. The van der Waals surface area contributed by atoms with Gasteiger partial charge < -0.3 is 36.4 Å². The normalized spacial score (nSPS) is 23.9. The number of hydrogen-bond acceptors (Lipinski definition) is 7. The average molecular weight is 764 g/mol. The minimum atomic E-state index is -1.16. The van der Waals surface area contributed by atoms with E-state index in [1.807, 2.05) is 27.7 Å². The molecule has 0 radical (unpaired) electrons. The van der Waals surface area contributed by atoms with Gasteiger partial charge in [0.15, 0.2) is 0 Å². The fraction of sp³-hybridized carbons (Fsp3) is 0.683. The second kappa shape index (κ2) is 16.3. The largest absolute Gasteiger partial charge is 0.347 e. The Morgan fingerprint density at radius 3 is 2.11 bits per heavy atom. The summed E-state index contributed by atoms with van der Waals surface area (Å²) in [5.41, 5.74) is -0.694. The third kappa shape index (κ3) is 9.85. The van der Waals surface area contributed by atoms with Gasteiger partial charge in [-0.05, 0) is 60.3 Å². The number of ketones is 1. The second-order valence-electron chi connectivity index (χ2n) is 18.3. The Kier molecular flexibility index (Phi) is 12.4. The average Bonchev–Trinajstić information content (AvgIpc) is 3.98. The van der Waals surface area contributed by atoms with Crippen molar-refractivity contribution in [1.29, 1.82) is 0 Å². The molecule has 55 heavy (non-hydrogen) atoms. The van der Waals surface area contributed by atoms with Crippen LogP contribution in [0.3, 0.4) is 0 Å². The van der Waals surface area contributed by atoms with Crippen molar-refractivity contribution >= 4 is 41.4 Å². The van der Waals surface area contributed by atoms with Gasteiger partial charge in [0.25, 0.3) is 5.91 Å². The molecule has 7 amide bonds. The van der Waals surface area contributed by atoms with E-state index in [1.165, 1.54) is 4.90 Å². The predicted molar refractivity (Wildman–Crippen MR) is 206 cm³/mol. The SMILES string of the molecule is CN(C)C(=O)[C@@H](NC(=O)CNC(=O)C(=O)C(CC1CC1)NC(=O)[C@@H]1[C@@H]2[C@H](CN1C(=O)[C@@H](NC(=O)NC1(C)CCCCC1)C(C)(C)C)C2(C)C)c1ccccc1. The van der Waals surface area contributed by atoms with E-state index in [0.717, 1.165) is 44.9 Å². The number of nitrogens with zero attached hydrogens (tertiary/aromatic N) is 2. The molecule has 1 aromatic rings. The molecular formula is C41H61N7O7. The van der Waals surface area contributed by atoms with Crippen molar-refractivity contribution in [2.45, 2.75) is 123 Å². The predicted octanol–water partition coefficient (Wildman–Crippen LogP) is 2.82. The van der Waals surface area contributed by atoms with E-state index in [1.54, 1.807) is 49.3 Å². The summed E-state index contributed by atoms with van der Waals surface area (Å²) in [6, 6.07) is 4.30. The molecule has 3 aliphatic carbocycles. The summed E-state index contributed by atoms with van der Waals surface area (Å²) in [5, 5.41) is 13.9. The van der Waals surface area contributed by atoms with Gasteiger partial charge in [-0.15, -0.1) is 0 Å². The van der Waals surface area contributed by atoms with Crippen LogP contribution in [-0.4, -0.2) is 102 Å². The van der Waals surface area contributed by atoms with Crippen molar-refractivity contribution in [3.05, 3.63) is 35.9 Å². The molecule has 14 nitrogen and oxygen atoms in total. The number of hydrogen-bond donors (Lipinski definition) is 5. The molecular weight excluding hydrogens is 702 g/mol. The zero-order valence-electron chi connectivity index (χ0n) is 33.8. The monoisotopic (exact) mass is 763 g/mol. The Bertz CT molecular complexity index is 1650. The van der Waals surface area contributed by atoms with Crippen molar-refractivity contribution in [1.82, 2.24) is 36.4 Å². The van der Waals surface area contributed by atoms with Crippen molar-refractivity contribution in [2.75, 3.05) is 27.2 Å². The van der Waals surface area contributed by atoms with E-state index in [0.29, 0.717) is 12.1 Å². The lowest BCUT2D eigenvalue weighted by molar-refractivity contribution is -0.145. The molecule has 1 heterocycles. The first kappa shape index (κ1) is 41.7. The molecule has 0 spiro atoms. The Morgan fingerprint density at radius 2 is 1.53 bits per heavy atom. The molecule has 6 atom stereocenters. The van der Waals surface area contributed by atoms with Crippen LogP contribution in [0.1, 0.15) is 105 Å². The van der Waals surface area contributed by atoms with Crippen molar-refractivity contribution in [2.24, 2.45) is 28.6 Å². The topological polar surface area (TPSA) is 186 Å². The highest BCUT2D eigenvalue weighted by atomic mass is 16.2. The first-order chi connectivity index (χ1) is 25.7. The molecule has 1 aromatic carbocycles. The van der Waals surface area contributed by atoms with Crippen LogP contribution in [0.4, 0.5) is 4.79 Å². The molecule has 5 rings (SSSR count). The van der Waals surface area contributed by atoms with Crippen LogP contribution in [0.5, 0.6) is 0 Å². The lowest BCUT2D eigenvalue weighted by atomic mass is 9.83. The maximum Gasteiger partial charge on any atom is 0.315 e. The van der Waals surface area contributed by atoms with Crippen molar-refractivity contribution < 1.29 is 33.6 Å². The molecule has 14 heteroatoms. The number of piperidine rings is 1. The van der Waals surface area contributed by atoms with Gasteiger partial charge >= 0.3 is 6.03 Å². The van der Waals surface area contributed by atoms with Crippen LogP contribution in [0.2, 0.25) is 0 Å². The van der Waals surface area contributed by atoms with Gasteiger partial charge in [-0.1, -0.05) is 97.1 Å². The zero-order valence-corrected chi connectivity index (χ0v) is 33.8. The van der Waals surface area contributed by atoms with Crippen LogP contribution >= 0.6 is 0 Å². The summed E-state index contributed by atoms with van der Waals surface area (Å²) >= 11 is 0. The number of urea groups is 1. The molecule has 1 aliphatic heterocycles. The highest BCUT2D eigenvalue weighted by Crippen LogP contribution is 2.65. The fourth-order valence-electron chi connectivity index (χ4n) is 8.51. The third-order valence-electron chi connectivity index (χ3n) is 12.2. The minimum absolute atomic E-state index is 0.0567. The summed E-state index contributed by atoms with van der Waals surface area (Å²) in [6.45, 7) is 11.5. The second-order valence-corrected chi connectivity index (χ2v) is 18.3. The number of likely N-dealkylation sites (N-methyl/N-ethyl adjacent to an activating group) is 1. The number of nitrogens with one attached hydrogen (secondary N) is 5. The van der Waals surface area contributed by atoms with E-state index in [9.17, 15) is 33.6 Å². The standard InChI is InChI=1S/C41H61N7O7/c1-39(2,3)33(45-38(55)46-41(6)19-13-10-14-20-41)37(54)48-23-26-29(40(26,4)5)31(48)34(51)43-27(21-24-17-18-24)32(50)35(52)42-22-28(49)44-30(36(53)47(7)8)25-15-11-9-12-16-25/h9,11-12,15-16,24,26-27,29-31,33H,10,13-14,17-23H2,1-8H3,(H,42,52)(H,43,51)(H,44,49)(H2,45,46,55)/t26-,27?,29-,30-,31-,33+/m0/s1. The molecule has 3 saturated carbocycles. The molecule has 0 aromatic heterocycles. The zero-order chi connectivity index (χ0) is 40.5. The van der Waals surface area contributed by atoms with Crippen LogP contribution in [0.25, 0.3) is 0 Å². The minimum Gasteiger partial charge on any atom is -0.347 e. The highest BCUT2D eigenvalue weighted by Gasteiger charge is 2.70. The van der Waals surface area contributed by atoms with Gasteiger partial charge in [-0.25, -0.2) is 4.79 Å². The molecule has 0 bridgehead atoms. The molecule has 302 valence electrons. The number of amides is 7. The molecule has 1 unspecified atom stereocenters. The quantitative estimate of drug-likeness (QED) is 0.180. The lowest BCUT2D eigenvalue weighted by Crippen LogP contribution is -2.62. The summed E-state index contributed by atoms with van der Waals surface area (Å²) in [7, 11) is 3.14. The number of carbonyl (C=O) groups excluding carboxylic acids is 7.